The van der Waals surface area contributed by atoms with E-state index in [0.717, 1.165) is 26.1 Å². The van der Waals surface area contributed by atoms with Crippen molar-refractivity contribution in [2.45, 2.75) is 38.5 Å². The van der Waals surface area contributed by atoms with Crippen LogP contribution in [0.2, 0.25) is 0 Å². The average Bonchev–Trinajstić information content (AvgIpc) is 3.01. The topological polar surface area (TPSA) is 56.3 Å². The van der Waals surface area contributed by atoms with Gasteiger partial charge < -0.3 is 15.0 Å². The van der Waals surface area contributed by atoms with Crippen LogP contribution in [0.25, 0.3) is 0 Å². The Labute approximate surface area is 109 Å². The van der Waals surface area contributed by atoms with Crippen LogP contribution in [0.5, 0.6) is 0 Å². The molecule has 0 saturated carbocycles. The first-order valence-electron chi connectivity index (χ1n) is 6.78. The Balaban J connectivity index is 2.02. The first-order valence-corrected chi connectivity index (χ1v) is 6.78. The summed E-state index contributed by atoms with van der Waals surface area (Å²) in [5.41, 5.74) is 7.13. The third kappa shape index (κ3) is 2.91. The fourth-order valence-corrected chi connectivity index (χ4v) is 2.64. The van der Waals surface area contributed by atoms with Gasteiger partial charge in [-0.1, -0.05) is 0 Å². The van der Waals surface area contributed by atoms with E-state index in [9.17, 15) is 0 Å². The van der Waals surface area contributed by atoms with Gasteiger partial charge in [0.15, 0.2) is 0 Å². The Morgan fingerprint density at radius 2 is 2.50 bits per heavy atom. The molecule has 2 heterocycles. The molecule has 2 atom stereocenters. The zero-order chi connectivity index (χ0) is 13.0. The van der Waals surface area contributed by atoms with E-state index in [4.69, 9.17) is 10.5 Å². The number of ether oxygens (including phenoxy) is 1. The highest BCUT2D eigenvalue weighted by molar-refractivity contribution is 5.06. The summed E-state index contributed by atoms with van der Waals surface area (Å²) in [4.78, 5) is 6.52. The van der Waals surface area contributed by atoms with Gasteiger partial charge in [0, 0.05) is 32.4 Å². The predicted molar refractivity (Wildman–Crippen MR) is 71.3 cm³/mol. The van der Waals surface area contributed by atoms with Gasteiger partial charge in [-0.2, -0.15) is 0 Å². The van der Waals surface area contributed by atoms with Crippen molar-refractivity contribution >= 4 is 0 Å². The third-order valence-corrected chi connectivity index (χ3v) is 3.70. The van der Waals surface area contributed by atoms with Gasteiger partial charge in [-0.15, -0.1) is 0 Å². The van der Waals surface area contributed by atoms with Gasteiger partial charge in [0.05, 0.1) is 24.2 Å². The van der Waals surface area contributed by atoms with Gasteiger partial charge >= 0.3 is 0 Å². The molecule has 1 fully saturated rings. The highest BCUT2D eigenvalue weighted by atomic mass is 16.5. The van der Waals surface area contributed by atoms with E-state index >= 15 is 0 Å². The highest BCUT2D eigenvalue weighted by Crippen LogP contribution is 2.21. The molecule has 5 nitrogen and oxygen atoms in total. The van der Waals surface area contributed by atoms with Gasteiger partial charge in [-0.25, -0.2) is 4.98 Å². The molecule has 0 spiro atoms. The van der Waals surface area contributed by atoms with E-state index in [0.29, 0.717) is 12.6 Å². The molecule has 2 unspecified atom stereocenters. The molecular formula is C13H24N4O. The SMILES string of the molecule is CCn1cncc1C(CN)N(C)CC1CCCO1. The minimum atomic E-state index is 0.219. The van der Waals surface area contributed by atoms with Crippen molar-refractivity contribution < 1.29 is 4.74 Å². The van der Waals surface area contributed by atoms with Crippen molar-refractivity contribution in [3.05, 3.63) is 18.2 Å². The number of rotatable bonds is 6. The molecule has 1 aromatic heterocycles. The summed E-state index contributed by atoms with van der Waals surface area (Å²) >= 11 is 0. The molecule has 0 bridgehead atoms. The largest absolute Gasteiger partial charge is 0.377 e. The fourth-order valence-electron chi connectivity index (χ4n) is 2.64. The molecule has 18 heavy (non-hydrogen) atoms. The molecule has 1 saturated heterocycles. The number of hydrogen-bond acceptors (Lipinski definition) is 4. The molecule has 1 aliphatic rings. The number of likely N-dealkylation sites (N-methyl/N-ethyl adjacent to an activating group) is 1. The number of aromatic nitrogens is 2. The van der Waals surface area contributed by atoms with Crippen LogP contribution in [0, 0.1) is 0 Å². The number of nitrogens with two attached hydrogens (primary N) is 1. The lowest BCUT2D eigenvalue weighted by molar-refractivity contribution is 0.0678. The number of aryl methyl sites for hydroxylation is 1. The van der Waals surface area contributed by atoms with Crippen molar-refractivity contribution in [3.63, 3.8) is 0 Å². The van der Waals surface area contributed by atoms with Gasteiger partial charge in [-0.05, 0) is 26.8 Å². The summed E-state index contributed by atoms with van der Waals surface area (Å²) in [6, 6.07) is 0.219. The molecule has 2 N–H and O–H groups in total. The molecule has 0 aliphatic carbocycles. The minimum absolute atomic E-state index is 0.219. The first-order chi connectivity index (χ1) is 8.76. The van der Waals surface area contributed by atoms with E-state index in [-0.39, 0.29) is 6.04 Å². The molecule has 2 rings (SSSR count). The van der Waals surface area contributed by atoms with Crippen LogP contribution >= 0.6 is 0 Å². The molecule has 1 aliphatic heterocycles. The summed E-state index contributed by atoms with van der Waals surface area (Å²) in [7, 11) is 2.12. The Bertz CT molecular complexity index is 360. The lowest BCUT2D eigenvalue weighted by Crippen LogP contribution is -2.37. The maximum absolute atomic E-state index is 5.94. The molecule has 0 amide bonds. The number of imidazole rings is 1. The van der Waals surface area contributed by atoms with Crippen molar-refractivity contribution in [3.8, 4) is 0 Å². The van der Waals surface area contributed by atoms with Crippen LogP contribution in [-0.4, -0.2) is 47.3 Å². The van der Waals surface area contributed by atoms with E-state index in [1.807, 2.05) is 12.5 Å². The van der Waals surface area contributed by atoms with Crippen molar-refractivity contribution in [1.29, 1.82) is 0 Å². The molecule has 0 aromatic carbocycles. The van der Waals surface area contributed by atoms with Crippen LogP contribution in [0.1, 0.15) is 31.5 Å². The molecular weight excluding hydrogens is 228 g/mol. The van der Waals surface area contributed by atoms with Crippen molar-refractivity contribution in [1.82, 2.24) is 14.5 Å². The summed E-state index contributed by atoms with van der Waals surface area (Å²) in [5.74, 6) is 0. The predicted octanol–water partition coefficient (Wildman–Crippen LogP) is 1.01. The average molecular weight is 252 g/mol. The molecule has 0 radical (unpaired) electrons. The minimum Gasteiger partial charge on any atom is -0.377 e. The van der Waals surface area contributed by atoms with E-state index in [1.54, 1.807) is 0 Å². The quantitative estimate of drug-likeness (QED) is 0.821. The van der Waals surface area contributed by atoms with Gasteiger partial charge in [0.2, 0.25) is 0 Å². The lowest BCUT2D eigenvalue weighted by Gasteiger charge is -2.29. The lowest BCUT2D eigenvalue weighted by atomic mass is 10.1. The Hall–Kier alpha value is -0.910. The Morgan fingerprint density at radius 3 is 3.11 bits per heavy atom. The van der Waals surface area contributed by atoms with Gasteiger partial charge in [0.1, 0.15) is 0 Å². The van der Waals surface area contributed by atoms with Crippen LogP contribution in [0.3, 0.4) is 0 Å². The molecule has 102 valence electrons. The van der Waals surface area contributed by atoms with Crippen LogP contribution < -0.4 is 5.73 Å². The highest BCUT2D eigenvalue weighted by Gasteiger charge is 2.24. The zero-order valence-corrected chi connectivity index (χ0v) is 11.4. The summed E-state index contributed by atoms with van der Waals surface area (Å²) < 4.78 is 7.84. The maximum atomic E-state index is 5.94. The second kappa shape index (κ2) is 6.31. The monoisotopic (exact) mass is 252 g/mol. The zero-order valence-electron chi connectivity index (χ0n) is 11.4. The van der Waals surface area contributed by atoms with Crippen LogP contribution in [-0.2, 0) is 11.3 Å². The normalized spacial score (nSPS) is 21.7. The Morgan fingerprint density at radius 1 is 1.67 bits per heavy atom. The van der Waals surface area contributed by atoms with E-state index in [2.05, 4.69) is 28.4 Å². The van der Waals surface area contributed by atoms with E-state index in [1.165, 1.54) is 12.1 Å². The number of hydrogen-bond donors (Lipinski definition) is 1. The van der Waals surface area contributed by atoms with Gasteiger partial charge in [0.25, 0.3) is 0 Å². The van der Waals surface area contributed by atoms with Gasteiger partial charge in [-0.3, -0.25) is 4.90 Å². The second-order valence-electron chi connectivity index (χ2n) is 4.93. The first kappa shape index (κ1) is 13.5. The number of nitrogens with zero attached hydrogens (tertiary/aromatic N) is 3. The second-order valence-corrected chi connectivity index (χ2v) is 4.93. The summed E-state index contributed by atoms with van der Waals surface area (Å²) in [6.45, 7) is 5.50. The molecule has 5 heteroatoms. The fraction of sp³-hybridized carbons (Fsp3) is 0.769. The van der Waals surface area contributed by atoms with Crippen molar-refractivity contribution in [2.75, 3.05) is 26.7 Å². The standard InChI is InChI=1S/C13H24N4O/c1-3-17-10-15-8-13(17)12(7-14)16(2)9-11-5-4-6-18-11/h8,10-12H,3-7,9,14H2,1-2H3. The maximum Gasteiger partial charge on any atom is 0.0948 e. The summed E-state index contributed by atoms with van der Waals surface area (Å²) in [5, 5.41) is 0. The summed E-state index contributed by atoms with van der Waals surface area (Å²) in [6.07, 6.45) is 6.50. The smallest absolute Gasteiger partial charge is 0.0948 e. The van der Waals surface area contributed by atoms with Crippen LogP contribution in [0.15, 0.2) is 12.5 Å². The molecule has 1 aromatic rings. The van der Waals surface area contributed by atoms with Crippen molar-refractivity contribution in [2.24, 2.45) is 5.73 Å². The Kier molecular flexibility index (Phi) is 4.74. The van der Waals surface area contributed by atoms with E-state index < -0.39 is 0 Å². The third-order valence-electron chi connectivity index (χ3n) is 3.70. The van der Waals surface area contributed by atoms with Crippen LogP contribution in [0.4, 0.5) is 0 Å².